The van der Waals surface area contributed by atoms with Gasteiger partial charge in [-0.2, -0.15) is 0 Å². The number of hydrogen-bond donors (Lipinski definition) is 5. The first-order valence-electron chi connectivity index (χ1n) is 10.1. The van der Waals surface area contributed by atoms with Gasteiger partial charge in [-0.3, -0.25) is 19.9 Å². The Hall–Kier alpha value is -4.39. The van der Waals surface area contributed by atoms with E-state index < -0.39 is 29.7 Å². The molecule has 5 N–H and O–H groups in total. The fourth-order valence-electron chi connectivity index (χ4n) is 2.94. The van der Waals surface area contributed by atoms with Crippen molar-refractivity contribution in [1.82, 2.24) is 15.3 Å². The smallest absolute Gasteiger partial charge is 0.481 e. The number of para-hydroxylation sites is 2. The Bertz CT molecular complexity index is 1250. The van der Waals surface area contributed by atoms with Crippen LogP contribution >= 0.6 is 0 Å². The number of urea groups is 1. The SMILES string of the molecule is O=C(O)CCNCc1ccc(-c2cnc(NC(=O)Nc3ccccc3OC(F)(F)F)[nH]c2=O)cc1. The molecule has 0 atom stereocenters. The van der Waals surface area contributed by atoms with Gasteiger partial charge in [0.2, 0.25) is 5.95 Å². The first-order chi connectivity index (χ1) is 16.6. The largest absolute Gasteiger partial charge is 0.573 e. The topological polar surface area (TPSA) is 145 Å². The van der Waals surface area contributed by atoms with Gasteiger partial charge in [0.15, 0.2) is 5.75 Å². The third-order valence-corrected chi connectivity index (χ3v) is 4.50. The van der Waals surface area contributed by atoms with Crippen molar-refractivity contribution >= 4 is 23.6 Å². The number of nitrogens with zero attached hydrogens (tertiary/aromatic N) is 1. The number of alkyl halides is 3. The normalized spacial score (nSPS) is 11.1. The number of aromatic nitrogens is 2. The standard InChI is InChI=1S/C22H20F3N5O5/c23-22(24,25)35-17-4-2-1-3-16(17)28-21(34)30-20-27-12-15(19(33)29-20)14-7-5-13(6-8-14)11-26-10-9-18(31)32/h1-8,12,26H,9-11H2,(H,31,32)(H3,27,28,29,30,33,34). The molecule has 0 radical (unpaired) electrons. The van der Waals surface area contributed by atoms with Gasteiger partial charge in [0.1, 0.15) is 0 Å². The van der Waals surface area contributed by atoms with Crippen molar-refractivity contribution in [2.45, 2.75) is 19.3 Å². The molecule has 0 fully saturated rings. The summed E-state index contributed by atoms with van der Waals surface area (Å²) in [6.45, 7) is 0.779. The van der Waals surface area contributed by atoms with E-state index >= 15 is 0 Å². The van der Waals surface area contributed by atoms with Crippen LogP contribution in [0.4, 0.5) is 29.6 Å². The van der Waals surface area contributed by atoms with E-state index in [9.17, 15) is 27.6 Å². The number of nitrogens with one attached hydrogen (secondary N) is 4. The van der Waals surface area contributed by atoms with E-state index in [4.69, 9.17) is 5.11 Å². The quantitative estimate of drug-likeness (QED) is 0.288. The number of carboxylic acid groups (broad SMARTS) is 1. The Labute approximate surface area is 196 Å². The number of carbonyl (C=O) groups excluding carboxylic acids is 1. The predicted octanol–water partition coefficient (Wildman–Crippen LogP) is 3.54. The number of H-pyrrole nitrogens is 1. The minimum absolute atomic E-state index is 0.00534. The Balaban J connectivity index is 1.62. The maximum atomic E-state index is 12.5. The van der Waals surface area contributed by atoms with Crippen molar-refractivity contribution in [3.05, 3.63) is 70.6 Å². The van der Waals surface area contributed by atoms with Gasteiger partial charge in [0.05, 0.1) is 17.7 Å². The van der Waals surface area contributed by atoms with Crippen LogP contribution in [0.1, 0.15) is 12.0 Å². The van der Waals surface area contributed by atoms with E-state index in [0.717, 1.165) is 11.6 Å². The molecule has 1 heterocycles. The third-order valence-electron chi connectivity index (χ3n) is 4.50. The molecule has 1 aromatic heterocycles. The highest BCUT2D eigenvalue weighted by atomic mass is 19.4. The van der Waals surface area contributed by atoms with Gasteiger partial charge in [0, 0.05) is 19.3 Å². The number of anilines is 2. The molecule has 10 nitrogen and oxygen atoms in total. The number of aliphatic carboxylic acids is 1. The van der Waals surface area contributed by atoms with E-state index in [2.05, 4.69) is 30.7 Å². The molecule has 0 bridgehead atoms. The molecule has 3 aromatic rings. The lowest BCUT2D eigenvalue weighted by atomic mass is 10.1. The van der Waals surface area contributed by atoms with Crippen LogP contribution in [-0.4, -0.2) is 40.0 Å². The first-order valence-corrected chi connectivity index (χ1v) is 10.1. The maximum Gasteiger partial charge on any atom is 0.573 e. The molecule has 2 amide bonds. The van der Waals surface area contributed by atoms with Crippen molar-refractivity contribution < 1.29 is 32.6 Å². The number of hydrogen-bond acceptors (Lipinski definition) is 6. The Morgan fingerprint density at radius 3 is 2.43 bits per heavy atom. The summed E-state index contributed by atoms with van der Waals surface area (Å²) in [6, 6.07) is 10.9. The van der Waals surface area contributed by atoms with Gasteiger partial charge in [-0.15, -0.1) is 13.2 Å². The van der Waals surface area contributed by atoms with Crippen LogP contribution < -0.4 is 26.2 Å². The highest BCUT2D eigenvalue weighted by Crippen LogP contribution is 2.29. The number of halogens is 3. The Morgan fingerprint density at radius 1 is 1.06 bits per heavy atom. The zero-order valence-corrected chi connectivity index (χ0v) is 18.0. The summed E-state index contributed by atoms with van der Waals surface area (Å²) >= 11 is 0. The molecule has 0 saturated heterocycles. The average molecular weight is 491 g/mol. The number of carboxylic acids is 1. The molecule has 0 unspecified atom stereocenters. The zero-order valence-electron chi connectivity index (χ0n) is 18.0. The van der Waals surface area contributed by atoms with E-state index in [-0.39, 0.29) is 23.6 Å². The van der Waals surface area contributed by atoms with Crippen LogP contribution in [0.25, 0.3) is 11.1 Å². The lowest BCUT2D eigenvalue weighted by Gasteiger charge is -2.14. The number of benzene rings is 2. The Kier molecular flexibility index (Phi) is 8.04. The monoisotopic (exact) mass is 491 g/mol. The molecule has 0 aliphatic rings. The third kappa shape index (κ3) is 7.85. The van der Waals surface area contributed by atoms with Crippen LogP contribution in [0.3, 0.4) is 0 Å². The second kappa shape index (κ2) is 11.2. The van der Waals surface area contributed by atoms with Crippen LogP contribution in [0.2, 0.25) is 0 Å². The van der Waals surface area contributed by atoms with Crippen molar-refractivity contribution in [3.8, 4) is 16.9 Å². The molecule has 0 aliphatic carbocycles. The summed E-state index contributed by atoms with van der Waals surface area (Å²) < 4.78 is 41.4. The molecular formula is C22H20F3N5O5. The molecule has 0 aliphatic heterocycles. The minimum Gasteiger partial charge on any atom is -0.481 e. The number of carbonyl (C=O) groups is 2. The molecule has 13 heteroatoms. The van der Waals surface area contributed by atoms with Gasteiger partial charge in [-0.1, -0.05) is 36.4 Å². The number of rotatable bonds is 9. The molecule has 2 aromatic carbocycles. The van der Waals surface area contributed by atoms with Gasteiger partial charge in [-0.25, -0.2) is 9.78 Å². The number of ether oxygens (including phenoxy) is 1. The zero-order chi connectivity index (χ0) is 25.4. The fourth-order valence-corrected chi connectivity index (χ4v) is 2.94. The number of aromatic amines is 1. The summed E-state index contributed by atoms with van der Waals surface area (Å²) in [5.41, 5.74) is 0.878. The molecule has 3 rings (SSSR count). The van der Waals surface area contributed by atoms with Crippen molar-refractivity contribution in [1.29, 1.82) is 0 Å². The van der Waals surface area contributed by atoms with Gasteiger partial charge in [0.25, 0.3) is 5.56 Å². The van der Waals surface area contributed by atoms with Crippen molar-refractivity contribution in [2.75, 3.05) is 17.2 Å². The lowest BCUT2D eigenvalue weighted by Crippen LogP contribution is -2.24. The summed E-state index contributed by atoms with van der Waals surface area (Å²) in [6.07, 6.45) is -3.69. The van der Waals surface area contributed by atoms with Crippen LogP contribution in [0.5, 0.6) is 5.75 Å². The highest BCUT2D eigenvalue weighted by molar-refractivity contribution is 5.99. The maximum absolute atomic E-state index is 12.5. The highest BCUT2D eigenvalue weighted by Gasteiger charge is 2.32. The second-order valence-corrected chi connectivity index (χ2v) is 7.12. The minimum atomic E-state index is -4.94. The lowest BCUT2D eigenvalue weighted by molar-refractivity contribution is -0.274. The molecular weight excluding hydrogens is 471 g/mol. The van der Waals surface area contributed by atoms with Gasteiger partial charge >= 0.3 is 18.4 Å². The molecule has 184 valence electrons. The molecule has 35 heavy (non-hydrogen) atoms. The Morgan fingerprint density at radius 2 is 1.77 bits per heavy atom. The fraction of sp³-hybridized carbons (Fsp3) is 0.182. The molecule has 0 saturated carbocycles. The second-order valence-electron chi connectivity index (χ2n) is 7.12. The molecule has 0 spiro atoms. The van der Waals surface area contributed by atoms with Crippen molar-refractivity contribution in [3.63, 3.8) is 0 Å². The summed E-state index contributed by atoms with van der Waals surface area (Å²) in [7, 11) is 0. The summed E-state index contributed by atoms with van der Waals surface area (Å²) in [5, 5.41) is 16.1. The van der Waals surface area contributed by atoms with Gasteiger partial charge < -0.3 is 20.5 Å². The summed E-state index contributed by atoms with van der Waals surface area (Å²) in [4.78, 5) is 41.5. The van der Waals surface area contributed by atoms with E-state index in [1.165, 1.54) is 24.4 Å². The average Bonchev–Trinajstić information content (AvgIpc) is 2.78. The van der Waals surface area contributed by atoms with Crippen LogP contribution in [0.15, 0.2) is 59.5 Å². The van der Waals surface area contributed by atoms with Crippen LogP contribution in [0, 0.1) is 0 Å². The van der Waals surface area contributed by atoms with E-state index in [0.29, 0.717) is 18.7 Å². The van der Waals surface area contributed by atoms with E-state index in [1.807, 2.05) is 0 Å². The van der Waals surface area contributed by atoms with E-state index in [1.54, 1.807) is 24.3 Å². The van der Waals surface area contributed by atoms with Gasteiger partial charge in [-0.05, 0) is 23.3 Å². The first kappa shape index (κ1) is 25.2. The van der Waals surface area contributed by atoms with Crippen LogP contribution in [-0.2, 0) is 11.3 Å². The number of amides is 2. The summed E-state index contributed by atoms with van der Waals surface area (Å²) in [5.74, 6) is -1.72. The predicted molar refractivity (Wildman–Crippen MR) is 120 cm³/mol. The van der Waals surface area contributed by atoms with Crippen molar-refractivity contribution in [2.24, 2.45) is 0 Å².